The molecule has 0 heterocycles. The summed E-state index contributed by atoms with van der Waals surface area (Å²) in [5.41, 5.74) is -0.925. The van der Waals surface area contributed by atoms with Crippen molar-refractivity contribution in [3.63, 3.8) is 0 Å². The SMILES string of the molecule is CC(COCCNCCOCC(C)OC(=O)C(C)(C)CC(C)(C)C)OC(=O)C(C)(C)CC(C)(C)C. The zero-order valence-corrected chi connectivity index (χ0v) is 24.8. The lowest BCUT2D eigenvalue weighted by molar-refractivity contribution is -0.163. The lowest BCUT2D eigenvalue weighted by Crippen LogP contribution is -2.35. The first-order valence-electron chi connectivity index (χ1n) is 13.0. The number of hydrogen-bond donors (Lipinski definition) is 1. The van der Waals surface area contributed by atoms with Gasteiger partial charge in [0.05, 0.1) is 37.3 Å². The average molecular weight is 502 g/mol. The molecule has 2 atom stereocenters. The molecule has 0 spiro atoms. The van der Waals surface area contributed by atoms with Crippen molar-refractivity contribution in [1.29, 1.82) is 0 Å². The molecule has 7 nitrogen and oxygen atoms in total. The molecule has 0 rings (SSSR count). The molecular formula is C28H55NO6. The monoisotopic (exact) mass is 501 g/mol. The van der Waals surface area contributed by atoms with Gasteiger partial charge in [0, 0.05) is 13.1 Å². The summed E-state index contributed by atoms with van der Waals surface area (Å²) in [6, 6.07) is 0. The van der Waals surface area contributed by atoms with Gasteiger partial charge in [-0.3, -0.25) is 9.59 Å². The van der Waals surface area contributed by atoms with Gasteiger partial charge in [0.15, 0.2) is 0 Å². The zero-order chi connectivity index (χ0) is 27.5. The van der Waals surface area contributed by atoms with Crippen molar-refractivity contribution in [3.05, 3.63) is 0 Å². The highest BCUT2D eigenvalue weighted by atomic mass is 16.6. The minimum absolute atomic E-state index is 0.0587. The molecule has 0 amide bonds. The van der Waals surface area contributed by atoms with Crippen LogP contribution in [0.1, 0.15) is 95.9 Å². The molecular weight excluding hydrogens is 446 g/mol. The Balaban J connectivity index is 3.92. The van der Waals surface area contributed by atoms with Gasteiger partial charge in [-0.25, -0.2) is 0 Å². The van der Waals surface area contributed by atoms with Crippen LogP contribution in [0.4, 0.5) is 0 Å². The molecule has 0 saturated heterocycles. The largest absolute Gasteiger partial charge is 0.460 e. The molecule has 0 aliphatic carbocycles. The van der Waals surface area contributed by atoms with Gasteiger partial charge in [-0.2, -0.15) is 0 Å². The van der Waals surface area contributed by atoms with Crippen molar-refractivity contribution < 1.29 is 28.5 Å². The quantitative estimate of drug-likeness (QED) is 0.224. The van der Waals surface area contributed by atoms with Crippen LogP contribution in [0.2, 0.25) is 0 Å². The first-order chi connectivity index (χ1) is 15.8. The maximum Gasteiger partial charge on any atom is 0.311 e. The predicted octanol–water partition coefficient (Wildman–Crippen LogP) is 5.40. The van der Waals surface area contributed by atoms with E-state index in [-0.39, 0.29) is 35.0 Å². The fraction of sp³-hybridized carbons (Fsp3) is 0.929. The fourth-order valence-electron chi connectivity index (χ4n) is 4.46. The molecule has 0 aromatic heterocycles. The third kappa shape index (κ3) is 17.0. The number of rotatable bonds is 16. The van der Waals surface area contributed by atoms with Gasteiger partial charge in [0.1, 0.15) is 12.2 Å². The minimum atomic E-state index is -0.521. The van der Waals surface area contributed by atoms with Crippen molar-refractivity contribution in [3.8, 4) is 0 Å². The first kappa shape index (κ1) is 33.8. The summed E-state index contributed by atoms with van der Waals surface area (Å²) in [6.45, 7) is 27.3. The number of nitrogens with one attached hydrogen (secondary N) is 1. The van der Waals surface area contributed by atoms with Crippen LogP contribution in [-0.2, 0) is 28.5 Å². The van der Waals surface area contributed by atoms with Crippen molar-refractivity contribution in [1.82, 2.24) is 5.32 Å². The summed E-state index contributed by atoms with van der Waals surface area (Å²) < 4.78 is 22.4. The Labute approximate surface area is 215 Å². The van der Waals surface area contributed by atoms with Crippen LogP contribution < -0.4 is 5.32 Å². The maximum atomic E-state index is 12.5. The second-order valence-electron chi connectivity index (χ2n) is 13.6. The van der Waals surface area contributed by atoms with Gasteiger partial charge in [0.25, 0.3) is 0 Å². The van der Waals surface area contributed by atoms with Crippen LogP contribution in [0.15, 0.2) is 0 Å². The Morgan fingerprint density at radius 2 is 0.943 bits per heavy atom. The molecule has 2 unspecified atom stereocenters. The summed E-state index contributed by atoms with van der Waals surface area (Å²) in [5, 5.41) is 3.25. The van der Waals surface area contributed by atoms with Gasteiger partial charge in [-0.15, -0.1) is 0 Å². The summed E-state index contributed by atoms with van der Waals surface area (Å²) >= 11 is 0. The van der Waals surface area contributed by atoms with Gasteiger partial charge < -0.3 is 24.3 Å². The van der Waals surface area contributed by atoms with E-state index < -0.39 is 10.8 Å². The number of carbonyl (C=O) groups excluding carboxylic acids is 2. The minimum Gasteiger partial charge on any atom is -0.460 e. The van der Waals surface area contributed by atoms with Crippen LogP contribution in [0.3, 0.4) is 0 Å². The van der Waals surface area contributed by atoms with Crippen molar-refractivity contribution in [2.24, 2.45) is 21.7 Å². The number of carbonyl (C=O) groups is 2. The molecule has 0 aromatic carbocycles. The third-order valence-corrected chi connectivity index (χ3v) is 5.22. The number of ether oxygens (including phenoxy) is 4. The highest BCUT2D eigenvalue weighted by molar-refractivity contribution is 5.76. The number of hydrogen-bond acceptors (Lipinski definition) is 7. The summed E-state index contributed by atoms with van der Waals surface area (Å²) in [4.78, 5) is 24.9. The van der Waals surface area contributed by atoms with Crippen LogP contribution in [0.5, 0.6) is 0 Å². The van der Waals surface area contributed by atoms with Crippen molar-refractivity contribution >= 4 is 11.9 Å². The Hall–Kier alpha value is -1.18. The van der Waals surface area contributed by atoms with E-state index in [4.69, 9.17) is 18.9 Å². The van der Waals surface area contributed by atoms with Crippen molar-refractivity contribution in [2.45, 2.75) is 108 Å². The first-order valence-corrected chi connectivity index (χ1v) is 13.0. The molecule has 0 aliphatic rings. The Morgan fingerprint density at radius 3 is 1.23 bits per heavy atom. The molecule has 7 heteroatoms. The van der Waals surface area contributed by atoms with E-state index >= 15 is 0 Å². The van der Waals surface area contributed by atoms with Crippen LogP contribution in [-0.4, -0.2) is 63.7 Å². The molecule has 0 fully saturated rings. The molecule has 208 valence electrons. The van der Waals surface area contributed by atoms with E-state index in [1.807, 2.05) is 41.5 Å². The van der Waals surface area contributed by atoms with Gasteiger partial charge in [-0.05, 0) is 65.2 Å². The topological polar surface area (TPSA) is 83.1 Å². The standard InChI is InChI=1S/C28H55NO6/c1-21(34-23(30)27(9,10)19-25(3,4)5)17-32-15-13-29-14-16-33-18-22(2)35-24(31)28(11,12)20-26(6,7)8/h21-22,29H,13-20H2,1-12H3. The lowest BCUT2D eigenvalue weighted by Gasteiger charge is -2.31. The Bertz CT molecular complexity index is 576. The van der Waals surface area contributed by atoms with Crippen LogP contribution in [0, 0.1) is 21.7 Å². The smallest absolute Gasteiger partial charge is 0.311 e. The van der Waals surface area contributed by atoms with E-state index in [0.717, 1.165) is 12.8 Å². The summed E-state index contributed by atoms with van der Waals surface area (Å²) in [7, 11) is 0. The second-order valence-corrected chi connectivity index (χ2v) is 13.6. The van der Waals surface area contributed by atoms with Gasteiger partial charge in [-0.1, -0.05) is 41.5 Å². The molecule has 0 bridgehead atoms. The number of esters is 2. The zero-order valence-electron chi connectivity index (χ0n) is 24.8. The molecule has 0 radical (unpaired) electrons. The lowest BCUT2D eigenvalue weighted by atomic mass is 9.76. The van der Waals surface area contributed by atoms with E-state index in [9.17, 15) is 9.59 Å². The molecule has 0 aliphatic heterocycles. The maximum absolute atomic E-state index is 12.5. The van der Waals surface area contributed by atoms with Gasteiger partial charge in [0.2, 0.25) is 0 Å². The Kier molecular flexibility index (Phi) is 14.0. The highest BCUT2D eigenvalue weighted by Gasteiger charge is 2.35. The third-order valence-electron chi connectivity index (χ3n) is 5.22. The van der Waals surface area contributed by atoms with Crippen LogP contribution >= 0.6 is 0 Å². The molecule has 1 N–H and O–H groups in total. The predicted molar refractivity (Wildman–Crippen MR) is 141 cm³/mol. The van der Waals surface area contributed by atoms with E-state index in [2.05, 4.69) is 46.9 Å². The summed E-state index contributed by atoms with van der Waals surface area (Å²) in [5.74, 6) is -0.368. The average Bonchev–Trinajstić information content (AvgIpc) is 2.62. The molecule has 0 saturated carbocycles. The molecule has 0 aromatic rings. The van der Waals surface area contributed by atoms with E-state index in [1.165, 1.54) is 0 Å². The van der Waals surface area contributed by atoms with Crippen molar-refractivity contribution in [2.75, 3.05) is 39.5 Å². The van der Waals surface area contributed by atoms with Gasteiger partial charge >= 0.3 is 11.9 Å². The Morgan fingerprint density at radius 1 is 0.629 bits per heavy atom. The van der Waals surface area contributed by atoms with E-state index in [1.54, 1.807) is 0 Å². The summed E-state index contributed by atoms with van der Waals surface area (Å²) in [6.07, 6.45) is 0.939. The van der Waals surface area contributed by atoms with Crippen LogP contribution in [0.25, 0.3) is 0 Å². The normalized spacial score (nSPS) is 15.0. The molecule has 35 heavy (non-hydrogen) atoms. The fourth-order valence-corrected chi connectivity index (χ4v) is 4.46. The van der Waals surface area contributed by atoms with E-state index in [0.29, 0.717) is 39.5 Å². The second kappa shape index (κ2) is 14.5. The highest BCUT2D eigenvalue weighted by Crippen LogP contribution is 2.35.